The third kappa shape index (κ3) is 6.16. The van der Waals surface area contributed by atoms with Gasteiger partial charge in [0.1, 0.15) is 11.5 Å². The summed E-state index contributed by atoms with van der Waals surface area (Å²) in [5.74, 6) is 1.40. The molecule has 176 valence electrons. The molecular weight excluding hydrogens is 428 g/mol. The van der Waals surface area contributed by atoms with E-state index in [9.17, 15) is 9.59 Å². The van der Waals surface area contributed by atoms with Gasteiger partial charge in [-0.15, -0.1) is 0 Å². The van der Waals surface area contributed by atoms with Crippen LogP contribution in [0.4, 0.5) is 11.4 Å². The van der Waals surface area contributed by atoms with Gasteiger partial charge >= 0.3 is 0 Å². The third-order valence-corrected chi connectivity index (χ3v) is 5.80. The predicted octanol–water partition coefficient (Wildman–Crippen LogP) is 5.15. The van der Waals surface area contributed by atoms with Crippen molar-refractivity contribution in [3.63, 3.8) is 0 Å². The molecular formula is C28H30N2O4. The van der Waals surface area contributed by atoms with Crippen molar-refractivity contribution >= 4 is 23.2 Å². The second kappa shape index (κ2) is 11.4. The quantitative estimate of drug-likeness (QED) is 0.427. The van der Waals surface area contributed by atoms with Gasteiger partial charge in [0.05, 0.1) is 12.3 Å². The van der Waals surface area contributed by atoms with Gasteiger partial charge in [-0.1, -0.05) is 48.5 Å². The van der Waals surface area contributed by atoms with Crippen LogP contribution >= 0.6 is 0 Å². The van der Waals surface area contributed by atoms with Gasteiger partial charge in [-0.05, 0) is 61.6 Å². The first kappa shape index (κ1) is 23.4. The molecule has 0 saturated carbocycles. The zero-order valence-corrected chi connectivity index (χ0v) is 19.5. The van der Waals surface area contributed by atoms with Crippen molar-refractivity contribution in [3.8, 4) is 11.5 Å². The van der Waals surface area contributed by atoms with Gasteiger partial charge in [0.15, 0.2) is 6.61 Å². The molecule has 6 nitrogen and oxygen atoms in total. The number of hydrogen-bond donors (Lipinski definition) is 1. The number of ether oxygens (including phenoxy) is 2. The van der Waals surface area contributed by atoms with Gasteiger partial charge in [0, 0.05) is 18.7 Å². The van der Waals surface area contributed by atoms with E-state index in [2.05, 4.69) is 5.32 Å². The Kier molecular flexibility index (Phi) is 7.81. The van der Waals surface area contributed by atoms with Gasteiger partial charge < -0.3 is 19.7 Å². The summed E-state index contributed by atoms with van der Waals surface area (Å²) in [5, 5.41) is 2.95. The van der Waals surface area contributed by atoms with Crippen molar-refractivity contribution in [1.82, 2.24) is 0 Å². The van der Waals surface area contributed by atoms with Crippen molar-refractivity contribution in [3.05, 3.63) is 83.9 Å². The van der Waals surface area contributed by atoms with Crippen molar-refractivity contribution < 1.29 is 19.1 Å². The van der Waals surface area contributed by atoms with E-state index in [1.165, 1.54) is 0 Å². The third-order valence-electron chi connectivity index (χ3n) is 5.80. The minimum absolute atomic E-state index is 0.0233. The lowest BCUT2D eigenvalue weighted by atomic mass is 10.1. The zero-order chi connectivity index (χ0) is 23.8. The molecule has 34 heavy (non-hydrogen) atoms. The average Bonchev–Trinajstić information content (AvgIpc) is 2.85. The van der Waals surface area contributed by atoms with Gasteiger partial charge in [0.2, 0.25) is 5.91 Å². The van der Waals surface area contributed by atoms with Crippen LogP contribution in [0, 0.1) is 6.92 Å². The number of aryl methyl sites for hydroxylation is 2. The Morgan fingerprint density at radius 2 is 1.82 bits per heavy atom. The number of amides is 2. The number of hydrogen-bond acceptors (Lipinski definition) is 4. The Labute approximate surface area is 200 Å². The molecule has 0 spiro atoms. The largest absolute Gasteiger partial charge is 0.493 e. The highest BCUT2D eigenvalue weighted by Crippen LogP contribution is 2.35. The molecule has 3 aromatic rings. The number of fused-ring (bicyclic) bond motifs is 1. The fourth-order valence-electron chi connectivity index (χ4n) is 3.92. The molecule has 0 saturated heterocycles. The van der Waals surface area contributed by atoms with Crippen molar-refractivity contribution in [2.45, 2.75) is 32.6 Å². The van der Waals surface area contributed by atoms with Crippen LogP contribution in [0.5, 0.6) is 11.5 Å². The summed E-state index contributed by atoms with van der Waals surface area (Å²) in [6.45, 7) is 3.21. The number of benzene rings is 3. The predicted molar refractivity (Wildman–Crippen MR) is 134 cm³/mol. The van der Waals surface area contributed by atoms with Crippen molar-refractivity contribution in [2.24, 2.45) is 0 Å². The molecule has 2 amide bonds. The topological polar surface area (TPSA) is 67.9 Å². The van der Waals surface area contributed by atoms with E-state index < -0.39 is 0 Å². The second-order valence-corrected chi connectivity index (χ2v) is 8.37. The van der Waals surface area contributed by atoms with Gasteiger partial charge in [-0.3, -0.25) is 9.59 Å². The van der Waals surface area contributed by atoms with Crippen LogP contribution in [0.15, 0.2) is 72.8 Å². The Morgan fingerprint density at radius 1 is 1.03 bits per heavy atom. The summed E-state index contributed by atoms with van der Waals surface area (Å²) in [4.78, 5) is 26.8. The molecule has 3 aromatic carbocycles. The van der Waals surface area contributed by atoms with Crippen molar-refractivity contribution in [2.75, 3.05) is 30.0 Å². The summed E-state index contributed by atoms with van der Waals surface area (Å²) < 4.78 is 11.5. The van der Waals surface area contributed by atoms with E-state index in [1.54, 1.807) is 4.90 Å². The number of unbranched alkanes of at least 4 members (excludes halogenated alkanes) is 1. The Bertz CT molecular complexity index is 1130. The van der Waals surface area contributed by atoms with E-state index in [4.69, 9.17) is 9.47 Å². The van der Waals surface area contributed by atoms with Crippen LogP contribution < -0.4 is 19.7 Å². The van der Waals surface area contributed by atoms with Crippen LogP contribution in [0.25, 0.3) is 0 Å². The lowest BCUT2D eigenvalue weighted by Crippen LogP contribution is -2.39. The number of nitrogens with one attached hydrogen (secondary N) is 1. The van der Waals surface area contributed by atoms with E-state index in [1.807, 2.05) is 79.7 Å². The number of rotatable bonds is 10. The van der Waals surface area contributed by atoms with Crippen LogP contribution in [0.3, 0.4) is 0 Å². The Hall–Kier alpha value is -3.80. The molecule has 0 atom stereocenters. The molecule has 6 heteroatoms. The fraction of sp³-hybridized carbons (Fsp3) is 0.286. The SMILES string of the molecule is Cc1ccccc1OCCCCN1C(=O)COc2ccc(NC(=O)CCc3ccccc3)cc21. The van der Waals surface area contributed by atoms with Crippen LogP contribution in [-0.2, 0) is 16.0 Å². The molecule has 1 aliphatic rings. The molecule has 0 unspecified atom stereocenters. The summed E-state index contributed by atoms with van der Waals surface area (Å²) in [5.41, 5.74) is 3.58. The highest BCUT2D eigenvalue weighted by molar-refractivity contribution is 5.99. The lowest BCUT2D eigenvalue weighted by Gasteiger charge is -2.30. The molecule has 1 N–H and O–H groups in total. The van der Waals surface area contributed by atoms with E-state index in [0.717, 1.165) is 29.7 Å². The summed E-state index contributed by atoms with van der Waals surface area (Å²) >= 11 is 0. The van der Waals surface area contributed by atoms with Crippen LogP contribution in [0.1, 0.15) is 30.4 Å². The molecule has 0 aromatic heterocycles. The summed E-state index contributed by atoms with van der Waals surface area (Å²) in [7, 11) is 0. The average molecular weight is 459 g/mol. The monoisotopic (exact) mass is 458 g/mol. The number of nitrogens with zero attached hydrogens (tertiary/aromatic N) is 1. The number of carbonyl (C=O) groups is 2. The standard InChI is InChI=1S/C28H30N2O4/c1-21-9-5-6-12-25(21)33-18-8-7-17-30-24-19-23(14-15-26(24)34-20-28(30)32)29-27(31)16-13-22-10-3-2-4-11-22/h2-6,9-12,14-15,19H,7-8,13,16-18,20H2,1H3,(H,29,31). The first-order chi connectivity index (χ1) is 16.6. The lowest BCUT2D eigenvalue weighted by molar-refractivity contribution is -0.121. The van der Waals surface area contributed by atoms with Gasteiger partial charge in [0.25, 0.3) is 5.91 Å². The maximum absolute atomic E-state index is 12.6. The molecule has 1 heterocycles. The minimum Gasteiger partial charge on any atom is -0.493 e. The highest BCUT2D eigenvalue weighted by Gasteiger charge is 2.25. The maximum Gasteiger partial charge on any atom is 0.265 e. The van der Waals surface area contributed by atoms with E-state index >= 15 is 0 Å². The van der Waals surface area contributed by atoms with E-state index in [-0.39, 0.29) is 18.4 Å². The first-order valence-corrected chi connectivity index (χ1v) is 11.7. The normalized spacial score (nSPS) is 12.6. The summed E-state index contributed by atoms with van der Waals surface area (Å²) in [6, 6.07) is 23.3. The molecule has 0 bridgehead atoms. The second-order valence-electron chi connectivity index (χ2n) is 8.37. The number of para-hydroxylation sites is 1. The van der Waals surface area contributed by atoms with Crippen LogP contribution in [0.2, 0.25) is 0 Å². The van der Waals surface area contributed by atoms with Crippen LogP contribution in [-0.4, -0.2) is 31.6 Å². The molecule has 4 rings (SSSR count). The van der Waals surface area contributed by atoms with Crippen molar-refractivity contribution in [1.29, 1.82) is 0 Å². The first-order valence-electron chi connectivity index (χ1n) is 11.7. The van der Waals surface area contributed by atoms with E-state index in [0.29, 0.717) is 43.1 Å². The van der Waals surface area contributed by atoms with Gasteiger partial charge in [-0.2, -0.15) is 0 Å². The number of carbonyl (C=O) groups excluding carboxylic acids is 2. The molecule has 0 fully saturated rings. The smallest absolute Gasteiger partial charge is 0.265 e. The highest BCUT2D eigenvalue weighted by atomic mass is 16.5. The maximum atomic E-state index is 12.6. The Balaban J connectivity index is 1.31. The molecule has 1 aliphatic heterocycles. The molecule has 0 radical (unpaired) electrons. The Morgan fingerprint density at radius 3 is 2.65 bits per heavy atom. The molecule has 0 aliphatic carbocycles. The minimum atomic E-state index is -0.0834. The van der Waals surface area contributed by atoms with Gasteiger partial charge in [-0.25, -0.2) is 0 Å². The number of anilines is 2. The zero-order valence-electron chi connectivity index (χ0n) is 19.5. The fourth-order valence-corrected chi connectivity index (χ4v) is 3.92. The summed E-state index contributed by atoms with van der Waals surface area (Å²) in [6.07, 6.45) is 2.69.